The highest BCUT2D eigenvalue weighted by Gasteiger charge is 2.29. The summed E-state index contributed by atoms with van der Waals surface area (Å²) in [7, 11) is -0.881. The molecule has 1 atom stereocenters. The van der Waals surface area contributed by atoms with Gasteiger partial charge in [0.25, 0.3) is 0 Å². The van der Waals surface area contributed by atoms with E-state index in [1.807, 2.05) is 36.4 Å². The van der Waals surface area contributed by atoms with Crippen molar-refractivity contribution in [3.63, 3.8) is 0 Å². The van der Waals surface area contributed by atoms with Crippen molar-refractivity contribution in [2.75, 3.05) is 0 Å². The Morgan fingerprint density at radius 2 is 1.57 bits per heavy atom. The standard InChI is InChI=1S/C24H24ClF3OS/c25-22-13-7-20(8-14-22)17-30(29)23-15-9-19(10-16-23)4-2-1-3-18-5-11-21(12-6-18)24(26,27)28/h1-8,11-14,19,23H,9-10,15-17H2/b3-1+,4-2+. The Hall–Kier alpha value is -1.85. The smallest absolute Gasteiger partial charge is 0.259 e. The van der Waals surface area contributed by atoms with Gasteiger partial charge in [0.15, 0.2) is 0 Å². The molecule has 3 rings (SSSR count). The first-order valence-corrected chi connectivity index (χ1v) is 11.7. The molecule has 30 heavy (non-hydrogen) atoms. The van der Waals surface area contributed by atoms with Crippen molar-refractivity contribution < 1.29 is 17.4 Å². The Labute approximate surface area is 183 Å². The molecule has 0 aliphatic heterocycles. The van der Waals surface area contributed by atoms with E-state index in [0.717, 1.165) is 48.9 Å². The van der Waals surface area contributed by atoms with Crippen LogP contribution < -0.4 is 0 Å². The second-order valence-electron chi connectivity index (χ2n) is 7.55. The van der Waals surface area contributed by atoms with Gasteiger partial charge < -0.3 is 0 Å². The number of hydrogen-bond acceptors (Lipinski definition) is 1. The molecular formula is C24H24ClF3OS. The van der Waals surface area contributed by atoms with Gasteiger partial charge in [-0.1, -0.05) is 60.2 Å². The summed E-state index contributed by atoms with van der Waals surface area (Å²) in [6, 6.07) is 12.6. The fourth-order valence-corrected chi connectivity index (χ4v) is 5.26. The van der Waals surface area contributed by atoms with Crippen LogP contribution >= 0.6 is 11.6 Å². The van der Waals surface area contributed by atoms with Crippen molar-refractivity contribution in [3.05, 3.63) is 88.5 Å². The van der Waals surface area contributed by atoms with Crippen molar-refractivity contribution in [3.8, 4) is 0 Å². The molecule has 2 aromatic rings. The van der Waals surface area contributed by atoms with Gasteiger partial charge in [0, 0.05) is 26.8 Å². The molecule has 160 valence electrons. The zero-order chi connectivity index (χ0) is 21.6. The highest BCUT2D eigenvalue weighted by molar-refractivity contribution is 7.84. The van der Waals surface area contributed by atoms with E-state index in [0.29, 0.717) is 16.7 Å². The van der Waals surface area contributed by atoms with Crippen molar-refractivity contribution >= 4 is 28.5 Å². The molecule has 0 radical (unpaired) electrons. The number of alkyl halides is 3. The number of allylic oxidation sites excluding steroid dienone is 3. The summed E-state index contributed by atoms with van der Waals surface area (Å²) in [4.78, 5) is 0. The third-order valence-electron chi connectivity index (χ3n) is 5.33. The Kier molecular flexibility index (Phi) is 7.95. The molecule has 0 heterocycles. The SMILES string of the molecule is O=S(Cc1ccc(Cl)cc1)C1CCC(/C=C/C=C/c2ccc(C(F)(F)F)cc2)CC1. The van der Waals surface area contributed by atoms with Gasteiger partial charge in [-0.25, -0.2) is 0 Å². The van der Waals surface area contributed by atoms with E-state index in [1.165, 1.54) is 12.1 Å². The van der Waals surface area contributed by atoms with Gasteiger partial charge in [-0.3, -0.25) is 4.21 Å². The minimum atomic E-state index is -4.31. The molecule has 1 fully saturated rings. The van der Waals surface area contributed by atoms with E-state index >= 15 is 0 Å². The molecule has 1 aliphatic rings. The Morgan fingerprint density at radius 3 is 2.17 bits per heavy atom. The van der Waals surface area contributed by atoms with Crippen LogP contribution in [0.2, 0.25) is 5.02 Å². The lowest BCUT2D eigenvalue weighted by molar-refractivity contribution is -0.137. The lowest BCUT2D eigenvalue weighted by Gasteiger charge is -2.26. The molecule has 1 nitrogen and oxygen atoms in total. The van der Waals surface area contributed by atoms with E-state index in [9.17, 15) is 17.4 Å². The normalized spacial score (nSPS) is 21.3. The van der Waals surface area contributed by atoms with Crippen LogP contribution in [0.1, 0.15) is 42.4 Å². The van der Waals surface area contributed by atoms with Crippen molar-refractivity contribution in [1.29, 1.82) is 0 Å². The van der Waals surface area contributed by atoms with E-state index in [4.69, 9.17) is 11.6 Å². The van der Waals surface area contributed by atoms with Gasteiger partial charge >= 0.3 is 6.18 Å². The second-order valence-corrected chi connectivity index (χ2v) is 9.71. The zero-order valence-electron chi connectivity index (χ0n) is 16.4. The van der Waals surface area contributed by atoms with Crippen LogP contribution in [0, 0.1) is 5.92 Å². The Morgan fingerprint density at radius 1 is 0.933 bits per heavy atom. The maximum Gasteiger partial charge on any atom is 0.416 e. The monoisotopic (exact) mass is 452 g/mol. The molecule has 0 N–H and O–H groups in total. The third-order valence-corrected chi connectivity index (χ3v) is 7.42. The molecule has 0 bridgehead atoms. The molecule has 0 saturated heterocycles. The minimum absolute atomic E-state index is 0.230. The molecule has 1 unspecified atom stereocenters. The fraction of sp³-hybridized carbons (Fsp3) is 0.333. The number of rotatable bonds is 6. The lowest BCUT2D eigenvalue weighted by atomic mass is 9.88. The molecule has 1 saturated carbocycles. The predicted molar refractivity (Wildman–Crippen MR) is 119 cm³/mol. The van der Waals surface area contributed by atoms with Crippen LogP contribution in [0.25, 0.3) is 6.08 Å². The van der Waals surface area contributed by atoms with Crippen LogP contribution in [0.4, 0.5) is 13.2 Å². The topological polar surface area (TPSA) is 17.1 Å². The highest BCUT2D eigenvalue weighted by atomic mass is 35.5. The van der Waals surface area contributed by atoms with Gasteiger partial charge in [-0.05, 0) is 67.0 Å². The predicted octanol–water partition coefficient (Wildman–Crippen LogP) is 7.44. The zero-order valence-corrected chi connectivity index (χ0v) is 18.0. The van der Waals surface area contributed by atoms with Crippen LogP contribution in [0.5, 0.6) is 0 Å². The van der Waals surface area contributed by atoms with Crippen LogP contribution in [0.15, 0.2) is 66.8 Å². The summed E-state index contributed by atoms with van der Waals surface area (Å²) in [5, 5.41) is 0.914. The molecular weight excluding hydrogens is 429 g/mol. The van der Waals surface area contributed by atoms with Crippen LogP contribution in [0.3, 0.4) is 0 Å². The number of hydrogen-bond donors (Lipinski definition) is 0. The third kappa shape index (κ3) is 6.85. The average Bonchev–Trinajstić information content (AvgIpc) is 2.73. The number of benzene rings is 2. The Balaban J connectivity index is 1.43. The first-order valence-electron chi connectivity index (χ1n) is 9.95. The van der Waals surface area contributed by atoms with Crippen molar-refractivity contribution in [2.24, 2.45) is 5.92 Å². The minimum Gasteiger partial charge on any atom is -0.259 e. The maximum atomic E-state index is 12.6. The molecule has 1 aliphatic carbocycles. The largest absolute Gasteiger partial charge is 0.416 e. The van der Waals surface area contributed by atoms with Gasteiger partial charge in [0.2, 0.25) is 0 Å². The van der Waals surface area contributed by atoms with Gasteiger partial charge in [0.1, 0.15) is 0 Å². The molecule has 0 amide bonds. The lowest BCUT2D eigenvalue weighted by Crippen LogP contribution is -2.23. The van der Waals surface area contributed by atoms with E-state index in [1.54, 1.807) is 6.08 Å². The summed E-state index contributed by atoms with van der Waals surface area (Å²) in [5.41, 5.74) is 1.14. The van der Waals surface area contributed by atoms with Crippen LogP contribution in [-0.4, -0.2) is 9.46 Å². The Bertz CT molecular complexity index is 894. The molecule has 0 aromatic heterocycles. The number of halogens is 4. The van der Waals surface area contributed by atoms with Gasteiger partial charge in [-0.15, -0.1) is 0 Å². The van der Waals surface area contributed by atoms with Gasteiger partial charge in [0.05, 0.1) is 5.56 Å². The second kappa shape index (κ2) is 10.5. The van der Waals surface area contributed by atoms with E-state index in [-0.39, 0.29) is 5.25 Å². The first-order chi connectivity index (χ1) is 14.3. The summed E-state index contributed by atoms with van der Waals surface area (Å²) in [6.45, 7) is 0. The quantitative estimate of drug-likeness (QED) is 0.416. The van der Waals surface area contributed by atoms with Crippen molar-refractivity contribution in [1.82, 2.24) is 0 Å². The maximum absolute atomic E-state index is 12.6. The van der Waals surface area contributed by atoms with Gasteiger partial charge in [-0.2, -0.15) is 13.2 Å². The molecule has 2 aromatic carbocycles. The molecule has 6 heteroatoms. The summed E-state index contributed by atoms with van der Waals surface area (Å²) >= 11 is 5.89. The summed E-state index contributed by atoms with van der Waals surface area (Å²) < 4.78 is 50.4. The van der Waals surface area contributed by atoms with Crippen LogP contribution in [-0.2, 0) is 22.7 Å². The fourth-order valence-electron chi connectivity index (χ4n) is 3.58. The summed E-state index contributed by atoms with van der Waals surface area (Å²) in [5.74, 6) is 1.02. The highest BCUT2D eigenvalue weighted by Crippen LogP contribution is 2.30. The molecule has 0 spiro atoms. The average molecular weight is 453 g/mol. The van der Waals surface area contributed by atoms with E-state index < -0.39 is 22.5 Å². The summed E-state index contributed by atoms with van der Waals surface area (Å²) in [6.07, 6.45) is 7.32. The first kappa shape index (κ1) is 22.8. The van der Waals surface area contributed by atoms with E-state index in [2.05, 4.69) is 6.08 Å². The van der Waals surface area contributed by atoms with Crippen molar-refractivity contribution in [2.45, 2.75) is 42.9 Å².